The first-order valence-electron chi connectivity index (χ1n) is 5.99. The standard InChI is InChI=1S/C13H15BrN2O3/c1-3-19-7-6-16-11-5-4-10(14)12(13(17)18-2)9(11)8-15-16/h4-5,8H,3,6-7H2,1-2H3. The van der Waals surface area contributed by atoms with E-state index < -0.39 is 0 Å². The lowest BCUT2D eigenvalue weighted by atomic mass is 10.1. The second-order valence-electron chi connectivity index (χ2n) is 3.91. The zero-order chi connectivity index (χ0) is 13.8. The molecule has 6 heteroatoms. The Morgan fingerprint density at radius 3 is 2.95 bits per heavy atom. The van der Waals surface area contributed by atoms with Gasteiger partial charge in [0.05, 0.1) is 37.5 Å². The zero-order valence-corrected chi connectivity index (χ0v) is 12.4. The molecule has 1 heterocycles. The van der Waals surface area contributed by atoms with Gasteiger partial charge in [0.15, 0.2) is 0 Å². The number of benzene rings is 1. The first-order valence-corrected chi connectivity index (χ1v) is 6.78. The fraction of sp³-hybridized carbons (Fsp3) is 0.385. The van der Waals surface area contributed by atoms with E-state index in [9.17, 15) is 4.79 Å². The van der Waals surface area contributed by atoms with Gasteiger partial charge in [0.2, 0.25) is 0 Å². The number of aromatic nitrogens is 2. The number of halogens is 1. The van der Waals surface area contributed by atoms with Gasteiger partial charge in [-0.1, -0.05) is 0 Å². The molecule has 5 nitrogen and oxygen atoms in total. The fourth-order valence-corrected chi connectivity index (χ4v) is 2.42. The quantitative estimate of drug-likeness (QED) is 0.626. The molecule has 2 rings (SSSR count). The van der Waals surface area contributed by atoms with Crippen LogP contribution in [0.15, 0.2) is 22.8 Å². The van der Waals surface area contributed by atoms with Gasteiger partial charge in [-0.05, 0) is 35.0 Å². The first-order chi connectivity index (χ1) is 9.19. The number of carbonyl (C=O) groups excluding carboxylic acids is 1. The molecule has 0 unspecified atom stereocenters. The van der Waals surface area contributed by atoms with Gasteiger partial charge in [0.1, 0.15) is 0 Å². The molecule has 102 valence electrons. The molecule has 0 aliphatic rings. The first kappa shape index (κ1) is 14.0. The van der Waals surface area contributed by atoms with E-state index in [-0.39, 0.29) is 5.97 Å². The topological polar surface area (TPSA) is 53.4 Å². The third-order valence-corrected chi connectivity index (χ3v) is 3.48. The molecule has 1 aromatic carbocycles. The summed E-state index contributed by atoms with van der Waals surface area (Å²) in [6.45, 7) is 3.88. The summed E-state index contributed by atoms with van der Waals surface area (Å²) in [4.78, 5) is 11.8. The number of rotatable bonds is 5. The minimum absolute atomic E-state index is 0.373. The van der Waals surface area contributed by atoms with Crippen LogP contribution in [0.3, 0.4) is 0 Å². The lowest BCUT2D eigenvalue weighted by molar-refractivity contribution is 0.0602. The van der Waals surface area contributed by atoms with Crippen LogP contribution in [0.2, 0.25) is 0 Å². The molecule has 0 amide bonds. The van der Waals surface area contributed by atoms with Crippen LogP contribution >= 0.6 is 15.9 Å². The Morgan fingerprint density at radius 1 is 1.47 bits per heavy atom. The van der Waals surface area contributed by atoms with E-state index in [1.54, 1.807) is 6.20 Å². The number of nitrogens with zero attached hydrogens (tertiary/aromatic N) is 2. The average molecular weight is 327 g/mol. The highest BCUT2D eigenvalue weighted by Gasteiger charge is 2.17. The minimum Gasteiger partial charge on any atom is -0.465 e. The SMILES string of the molecule is CCOCCn1ncc2c(C(=O)OC)c(Br)ccc21. The van der Waals surface area contributed by atoms with Crippen molar-refractivity contribution in [1.29, 1.82) is 0 Å². The number of fused-ring (bicyclic) bond motifs is 1. The smallest absolute Gasteiger partial charge is 0.339 e. The van der Waals surface area contributed by atoms with Crippen LogP contribution in [0.25, 0.3) is 10.9 Å². The van der Waals surface area contributed by atoms with E-state index in [2.05, 4.69) is 21.0 Å². The number of carbonyl (C=O) groups is 1. The van der Waals surface area contributed by atoms with Crippen molar-refractivity contribution in [2.45, 2.75) is 13.5 Å². The van der Waals surface area contributed by atoms with Gasteiger partial charge >= 0.3 is 5.97 Å². The van der Waals surface area contributed by atoms with Crippen LogP contribution < -0.4 is 0 Å². The largest absolute Gasteiger partial charge is 0.465 e. The minimum atomic E-state index is -0.373. The highest BCUT2D eigenvalue weighted by Crippen LogP contribution is 2.27. The Kier molecular flexibility index (Phi) is 4.55. The van der Waals surface area contributed by atoms with E-state index in [1.165, 1.54) is 7.11 Å². The van der Waals surface area contributed by atoms with Crippen molar-refractivity contribution < 1.29 is 14.3 Å². The second kappa shape index (κ2) is 6.16. The van der Waals surface area contributed by atoms with Crippen molar-refractivity contribution in [2.24, 2.45) is 0 Å². The van der Waals surface area contributed by atoms with Gasteiger partial charge in [-0.25, -0.2) is 4.79 Å². The van der Waals surface area contributed by atoms with Crippen LogP contribution in [-0.2, 0) is 16.0 Å². The molecule has 0 aliphatic heterocycles. The van der Waals surface area contributed by atoms with Gasteiger partial charge in [0, 0.05) is 16.5 Å². The molecule has 0 radical (unpaired) electrons. The number of methoxy groups -OCH3 is 1. The lowest BCUT2D eigenvalue weighted by Gasteiger charge is -2.06. The van der Waals surface area contributed by atoms with E-state index in [1.807, 2.05) is 23.7 Å². The van der Waals surface area contributed by atoms with Crippen LogP contribution in [-0.4, -0.2) is 36.1 Å². The predicted molar refractivity (Wildman–Crippen MR) is 75.3 cm³/mol. The van der Waals surface area contributed by atoms with Crippen molar-refractivity contribution in [3.63, 3.8) is 0 Å². The van der Waals surface area contributed by atoms with Crippen molar-refractivity contribution >= 4 is 32.8 Å². The molecule has 0 atom stereocenters. The normalized spacial score (nSPS) is 10.9. The zero-order valence-electron chi connectivity index (χ0n) is 10.9. The maximum absolute atomic E-state index is 11.8. The number of esters is 1. The molecule has 0 saturated carbocycles. The summed E-state index contributed by atoms with van der Waals surface area (Å²) in [5.74, 6) is -0.373. The van der Waals surface area contributed by atoms with Gasteiger partial charge in [-0.3, -0.25) is 4.68 Å². The number of hydrogen-bond acceptors (Lipinski definition) is 4. The maximum Gasteiger partial charge on any atom is 0.339 e. The highest BCUT2D eigenvalue weighted by atomic mass is 79.9. The van der Waals surface area contributed by atoms with E-state index in [0.717, 1.165) is 10.9 Å². The Bertz CT molecular complexity index is 595. The Labute approximate surface area is 119 Å². The third-order valence-electron chi connectivity index (χ3n) is 2.82. The Hall–Kier alpha value is -1.40. The van der Waals surface area contributed by atoms with Gasteiger partial charge in [-0.2, -0.15) is 5.10 Å². The number of ether oxygens (including phenoxy) is 2. The summed E-state index contributed by atoms with van der Waals surface area (Å²) in [6.07, 6.45) is 1.68. The monoisotopic (exact) mass is 326 g/mol. The molecular formula is C13H15BrN2O3. The van der Waals surface area contributed by atoms with Crippen LogP contribution in [0.1, 0.15) is 17.3 Å². The van der Waals surface area contributed by atoms with Crippen molar-refractivity contribution in [1.82, 2.24) is 9.78 Å². The van der Waals surface area contributed by atoms with Crippen LogP contribution in [0.5, 0.6) is 0 Å². The third kappa shape index (κ3) is 2.79. The Balaban J connectivity index is 2.42. The van der Waals surface area contributed by atoms with E-state index in [0.29, 0.717) is 29.8 Å². The second-order valence-corrected chi connectivity index (χ2v) is 4.77. The summed E-state index contributed by atoms with van der Waals surface area (Å²) in [5, 5.41) is 5.07. The van der Waals surface area contributed by atoms with Crippen LogP contribution in [0, 0.1) is 0 Å². The van der Waals surface area contributed by atoms with Crippen LogP contribution in [0.4, 0.5) is 0 Å². The van der Waals surface area contributed by atoms with Gasteiger partial charge < -0.3 is 9.47 Å². The van der Waals surface area contributed by atoms with Gasteiger partial charge in [-0.15, -0.1) is 0 Å². The van der Waals surface area contributed by atoms with Gasteiger partial charge in [0.25, 0.3) is 0 Å². The maximum atomic E-state index is 11.8. The van der Waals surface area contributed by atoms with Crippen molar-refractivity contribution in [2.75, 3.05) is 20.3 Å². The molecule has 0 fully saturated rings. The summed E-state index contributed by atoms with van der Waals surface area (Å²) in [7, 11) is 1.37. The molecule has 1 aromatic heterocycles. The van der Waals surface area contributed by atoms with Crippen molar-refractivity contribution in [3.8, 4) is 0 Å². The molecule has 0 saturated heterocycles. The summed E-state index contributed by atoms with van der Waals surface area (Å²) >= 11 is 3.37. The molecule has 0 spiro atoms. The average Bonchev–Trinajstić information content (AvgIpc) is 2.81. The molecular weight excluding hydrogens is 312 g/mol. The predicted octanol–water partition coefficient (Wildman–Crippen LogP) is 2.62. The molecule has 19 heavy (non-hydrogen) atoms. The highest BCUT2D eigenvalue weighted by molar-refractivity contribution is 9.10. The summed E-state index contributed by atoms with van der Waals surface area (Å²) in [5.41, 5.74) is 1.39. The van der Waals surface area contributed by atoms with E-state index in [4.69, 9.17) is 9.47 Å². The van der Waals surface area contributed by atoms with E-state index >= 15 is 0 Å². The molecule has 0 aliphatic carbocycles. The molecule has 0 bridgehead atoms. The molecule has 0 N–H and O–H groups in total. The number of hydrogen-bond donors (Lipinski definition) is 0. The Morgan fingerprint density at radius 2 is 2.26 bits per heavy atom. The molecule has 2 aromatic rings. The fourth-order valence-electron chi connectivity index (χ4n) is 1.91. The lowest BCUT2D eigenvalue weighted by Crippen LogP contribution is -2.07. The summed E-state index contributed by atoms with van der Waals surface area (Å²) < 4.78 is 12.6. The van der Waals surface area contributed by atoms with Crippen molar-refractivity contribution in [3.05, 3.63) is 28.4 Å². The summed E-state index contributed by atoms with van der Waals surface area (Å²) in [6, 6.07) is 3.75.